The summed E-state index contributed by atoms with van der Waals surface area (Å²) in [5.41, 5.74) is 6.20. The Balaban J connectivity index is 2.55. The van der Waals surface area contributed by atoms with Gasteiger partial charge in [-0.1, -0.05) is 20.8 Å². The highest BCUT2D eigenvalue weighted by Crippen LogP contribution is 2.30. The van der Waals surface area contributed by atoms with E-state index in [1.165, 1.54) is 12.8 Å². The summed E-state index contributed by atoms with van der Waals surface area (Å²) in [4.78, 5) is 2.41. The van der Waals surface area contributed by atoms with Crippen LogP contribution in [0.5, 0.6) is 0 Å². The van der Waals surface area contributed by atoms with Crippen molar-refractivity contribution < 1.29 is 5.11 Å². The Morgan fingerprint density at radius 2 is 2.00 bits per heavy atom. The summed E-state index contributed by atoms with van der Waals surface area (Å²) < 4.78 is 0. The molecule has 2 atom stereocenters. The van der Waals surface area contributed by atoms with Crippen LogP contribution in [-0.2, 0) is 0 Å². The van der Waals surface area contributed by atoms with Gasteiger partial charge in [0.1, 0.15) is 0 Å². The zero-order valence-electron chi connectivity index (χ0n) is 11.0. The number of aliphatic hydroxyl groups excluding tert-OH is 1. The Labute approximate surface area is 100 Å². The Morgan fingerprint density at radius 3 is 2.38 bits per heavy atom. The molecule has 1 aliphatic rings. The molecule has 3 heteroatoms. The highest BCUT2D eigenvalue weighted by Gasteiger charge is 2.31. The lowest BCUT2D eigenvalue weighted by atomic mass is 9.96. The van der Waals surface area contributed by atoms with E-state index in [1.807, 2.05) is 0 Å². The van der Waals surface area contributed by atoms with Crippen LogP contribution in [0.4, 0.5) is 0 Å². The van der Waals surface area contributed by atoms with Gasteiger partial charge in [-0.2, -0.15) is 0 Å². The quantitative estimate of drug-likeness (QED) is 0.661. The fourth-order valence-corrected chi connectivity index (χ4v) is 2.24. The molecule has 1 aliphatic carbocycles. The van der Waals surface area contributed by atoms with E-state index >= 15 is 0 Å². The maximum absolute atomic E-state index is 9.55. The SMILES string of the molecule is CCCN(CC1CC1)C(CO)C(N)C(C)C. The van der Waals surface area contributed by atoms with Gasteiger partial charge in [0.25, 0.3) is 0 Å². The van der Waals surface area contributed by atoms with Gasteiger partial charge in [-0.05, 0) is 37.6 Å². The van der Waals surface area contributed by atoms with Crippen LogP contribution in [0.3, 0.4) is 0 Å². The van der Waals surface area contributed by atoms with Crippen LogP contribution >= 0.6 is 0 Å². The van der Waals surface area contributed by atoms with Gasteiger partial charge in [-0.3, -0.25) is 4.90 Å². The summed E-state index contributed by atoms with van der Waals surface area (Å²) in [6.45, 7) is 8.83. The Hall–Kier alpha value is -0.120. The van der Waals surface area contributed by atoms with Crippen molar-refractivity contribution in [1.29, 1.82) is 0 Å². The molecule has 0 spiro atoms. The zero-order valence-corrected chi connectivity index (χ0v) is 11.0. The molecule has 0 saturated heterocycles. The monoisotopic (exact) mass is 228 g/mol. The standard InChI is InChI=1S/C13H28N2O/c1-4-7-15(8-11-5-6-11)12(9-16)13(14)10(2)3/h10-13,16H,4-9,14H2,1-3H3. The highest BCUT2D eigenvalue weighted by atomic mass is 16.3. The summed E-state index contributed by atoms with van der Waals surface area (Å²) in [5, 5.41) is 9.55. The highest BCUT2D eigenvalue weighted by molar-refractivity contribution is 4.87. The van der Waals surface area contributed by atoms with Crippen molar-refractivity contribution in [3.05, 3.63) is 0 Å². The van der Waals surface area contributed by atoms with Gasteiger partial charge < -0.3 is 10.8 Å². The summed E-state index contributed by atoms with van der Waals surface area (Å²) >= 11 is 0. The van der Waals surface area contributed by atoms with Crippen LogP contribution < -0.4 is 5.73 Å². The number of hydrogen-bond donors (Lipinski definition) is 2. The molecule has 96 valence electrons. The normalized spacial score (nSPS) is 20.4. The summed E-state index contributed by atoms with van der Waals surface area (Å²) in [6.07, 6.45) is 3.85. The molecular formula is C13H28N2O. The van der Waals surface area contributed by atoms with E-state index in [2.05, 4.69) is 25.7 Å². The van der Waals surface area contributed by atoms with Crippen molar-refractivity contribution >= 4 is 0 Å². The molecule has 1 saturated carbocycles. The molecule has 3 nitrogen and oxygen atoms in total. The van der Waals surface area contributed by atoms with Gasteiger partial charge >= 0.3 is 0 Å². The average Bonchev–Trinajstić information content (AvgIpc) is 3.02. The molecule has 2 unspecified atom stereocenters. The maximum atomic E-state index is 9.55. The second kappa shape index (κ2) is 6.58. The van der Waals surface area contributed by atoms with Crippen LogP contribution in [0.15, 0.2) is 0 Å². The number of nitrogens with zero attached hydrogens (tertiary/aromatic N) is 1. The van der Waals surface area contributed by atoms with Crippen molar-refractivity contribution in [3.8, 4) is 0 Å². The predicted molar refractivity (Wildman–Crippen MR) is 68.3 cm³/mol. The summed E-state index contributed by atoms with van der Waals surface area (Å²) in [5.74, 6) is 1.29. The Kier molecular flexibility index (Phi) is 5.73. The predicted octanol–water partition coefficient (Wildman–Crippen LogP) is 1.45. The van der Waals surface area contributed by atoms with Crippen LogP contribution in [0.2, 0.25) is 0 Å². The number of hydrogen-bond acceptors (Lipinski definition) is 3. The third kappa shape index (κ3) is 4.04. The molecule has 0 radical (unpaired) electrons. The maximum Gasteiger partial charge on any atom is 0.0602 e. The van der Waals surface area contributed by atoms with E-state index in [1.54, 1.807) is 0 Å². The molecule has 0 amide bonds. The molecular weight excluding hydrogens is 200 g/mol. The van der Waals surface area contributed by atoms with E-state index in [4.69, 9.17) is 5.73 Å². The minimum atomic E-state index is 0.0790. The van der Waals surface area contributed by atoms with Crippen LogP contribution in [0.25, 0.3) is 0 Å². The van der Waals surface area contributed by atoms with E-state index in [0.717, 1.165) is 25.4 Å². The topological polar surface area (TPSA) is 49.5 Å². The second-order valence-corrected chi connectivity index (χ2v) is 5.51. The van der Waals surface area contributed by atoms with Crippen molar-refractivity contribution in [3.63, 3.8) is 0 Å². The number of aliphatic hydroxyl groups is 1. The van der Waals surface area contributed by atoms with Gasteiger partial charge in [0.15, 0.2) is 0 Å². The second-order valence-electron chi connectivity index (χ2n) is 5.51. The van der Waals surface area contributed by atoms with E-state index in [9.17, 15) is 5.11 Å². The van der Waals surface area contributed by atoms with Crippen molar-refractivity contribution in [2.45, 2.75) is 52.1 Å². The lowest BCUT2D eigenvalue weighted by molar-refractivity contribution is 0.0873. The Morgan fingerprint density at radius 1 is 1.38 bits per heavy atom. The third-order valence-corrected chi connectivity index (χ3v) is 3.57. The molecule has 0 heterocycles. The minimum absolute atomic E-state index is 0.0790. The fourth-order valence-electron chi connectivity index (χ4n) is 2.24. The fraction of sp³-hybridized carbons (Fsp3) is 1.00. The molecule has 0 aromatic carbocycles. The van der Waals surface area contributed by atoms with E-state index in [-0.39, 0.29) is 18.7 Å². The Bertz CT molecular complexity index is 192. The molecule has 3 N–H and O–H groups in total. The number of nitrogens with two attached hydrogens (primary N) is 1. The molecule has 0 aliphatic heterocycles. The largest absolute Gasteiger partial charge is 0.395 e. The lowest BCUT2D eigenvalue weighted by Crippen LogP contribution is -2.53. The van der Waals surface area contributed by atoms with Gasteiger partial charge in [-0.15, -0.1) is 0 Å². The van der Waals surface area contributed by atoms with Crippen molar-refractivity contribution in [2.24, 2.45) is 17.6 Å². The van der Waals surface area contributed by atoms with Gasteiger partial charge in [0.2, 0.25) is 0 Å². The molecule has 1 fully saturated rings. The molecule has 0 aromatic rings. The first-order chi connectivity index (χ1) is 7.60. The van der Waals surface area contributed by atoms with E-state index in [0.29, 0.717) is 5.92 Å². The first-order valence-electron chi connectivity index (χ1n) is 6.70. The summed E-state index contributed by atoms with van der Waals surface area (Å²) in [6, 6.07) is 0.218. The van der Waals surface area contributed by atoms with Gasteiger partial charge in [0, 0.05) is 18.6 Å². The van der Waals surface area contributed by atoms with Crippen LogP contribution in [0, 0.1) is 11.8 Å². The van der Waals surface area contributed by atoms with Gasteiger partial charge in [-0.25, -0.2) is 0 Å². The molecule has 16 heavy (non-hydrogen) atoms. The molecule has 0 aromatic heterocycles. The molecule has 0 bridgehead atoms. The first-order valence-corrected chi connectivity index (χ1v) is 6.70. The van der Waals surface area contributed by atoms with Crippen LogP contribution in [0.1, 0.15) is 40.0 Å². The smallest absolute Gasteiger partial charge is 0.0602 e. The van der Waals surface area contributed by atoms with Gasteiger partial charge in [0.05, 0.1) is 6.61 Å². The summed E-state index contributed by atoms with van der Waals surface area (Å²) in [7, 11) is 0. The zero-order chi connectivity index (χ0) is 12.1. The third-order valence-electron chi connectivity index (χ3n) is 3.57. The van der Waals surface area contributed by atoms with Crippen LogP contribution in [-0.4, -0.2) is 41.8 Å². The van der Waals surface area contributed by atoms with E-state index < -0.39 is 0 Å². The number of rotatable bonds is 8. The minimum Gasteiger partial charge on any atom is -0.395 e. The average molecular weight is 228 g/mol. The first kappa shape index (κ1) is 13.9. The van der Waals surface area contributed by atoms with Crippen molar-refractivity contribution in [2.75, 3.05) is 19.7 Å². The molecule has 1 rings (SSSR count). The lowest BCUT2D eigenvalue weighted by Gasteiger charge is -2.36. The van der Waals surface area contributed by atoms with Crippen molar-refractivity contribution in [1.82, 2.24) is 4.90 Å².